The minimum Gasteiger partial charge on any atom is -0.385 e. The standard InChI is InChI=1S/C27H31N9O/c1-5-24(34-26(28-4)23-8-6-7-18(2)31-23)33-25-13-14-29-27(35-25)32-22-11-9-21(10-12-22)30-15-20-16-36(17-20)19(3)37/h5-14,20,30H,4,15-17H2,1-3H3,(H2,29,32,33,35)/b24-5-,34-26-. The number of amides is 1. The summed E-state index contributed by atoms with van der Waals surface area (Å²) in [5.74, 6) is 2.63. The predicted molar refractivity (Wildman–Crippen MR) is 148 cm³/mol. The van der Waals surface area contributed by atoms with Gasteiger partial charge in [-0.05, 0) is 69.1 Å². The molecular weight excluding hydrogens is 466 g/mol. The molecule has 0 aliphatic carbocycles. The molecule has 3 aromatic rings. The summed E-state index contributed by atoms with van der Waals surface area (Å²) in [5.41, 5.74) is 3.40. The van der Waals surface area contributed by atoms with E-state index in [0.29, 0.717) is 35.0 Å². The zero-order valence-corrected chi connectivity index (χ0v) is 21.3. The summed E-state index contributed by atoms with van der Waals surface area (Å²) in [5, 5.41) is 9.85. The number of pyridine rings is 1. The van der Waals surface area contributed by atoms with Gasteiger partial charge in [0.25, 0.3) is 0 Å². The van der Waals surface area contributed by atoms with Crippen LogP contribution in [0.25, 0.3) is 0 Å². The van der Waals surface area contributed by atoms with E-state index in [9.17, 15) is 4.79 Å². The van der Waals surface area contributed by atoms with Crippen LogP contribution in [0.2, 0.25) is 0 Å². The van der Waals surface area contributed by atoms with Crippen LogP contribution in [0.4, 0.5) is 23.1 Å². The third-order valence-corrected chi connectivity index (χ3v) is 5.82. The number of benzene rings is 1. The monoisotopic (exact) mass is 497 g/mol. The van der Waals surface area contributed by atoms with Crippen molar-refractivity contribution in [3.8, 4) is 0 Å². The highest BCUT2D eigenvalue weighted by molar-refractivity contribution is 6.00. The molecule has 1 amide bonds. The average Bonchev–Trinajstić information content (AvgIpc) is 2.86. The first-order valence-corrected chi connectivity index (χ1v) is 12.1. The van der Waals surface area contributed by atoms with Gasteiger partial charge in [-0.1, -0.05) is 6.07 Å². The number of carbonyl (C=O) groups is 1. The van der Waals surface area contributed by atoms with Crippen molar-refractivity contribution >= 4 is 41.6 Å². The molecule has 0 atom stereocenters. The Hall–Kier alpha value is -4.60. The molecule has 10 heteroatoms. The Labute approximate surface area is 216 Å². The lowest BCUT2D eigenvalue weighted by molar-refractivity contribution is -0.134. The maximum absolute atomic E-state index is 11.3. The van der Waals surface area contributed by atoms with E-state index in [-0.39, 0.29) is 5.91 Å². The first-order valence-electron chi connectivity index (χ1n) is 12.1. The molecule has 37 heavy (non-hydrogen) atoms. The smallest absolute Gasteiger partial charge is 0.229 e. The van der Waals surface area contributed by atoms with Crippen LogP contribution in [0.1, 0.15) is 25.2 Å². The number of nitrogens with one attached hydrogen (secondary N) is 3. The van der Waals surface area contributed by atoms with Gasteiger partial charge >= 0.3 is 0 Å². The van der Waals surface area contributed by atoms with Gasteiger partial charge in [-0.15, -0.1) is 0 Å². The minimum absolute atomic E-state index is 0.140. The number of rotatable bonds is 9. The van der Waals surface area contributed by atoms with E-state index < -0.39 is 0 Å². The fraction of sp³-hybridized carbons (Fsp3) is 0.259. The highest BCUT2D eigenvalue weighted by Crippen LogP contribution is 2.20. The summed E-state index contributed by atoms with van der Waals surface area (Å²) in [4.78, 5) is 35.1. The maximum Gasteiger partial charge on any atom is 0.229 e. The fourth-order valence-electron chi connectivity index (χ4n) is 3.76. The Morgan fingerprint density at radius 3 is 2.57 bits per heavy atom. The SMILES string of the molecule is C=N/C(=N\C(=C/C)Nc1ccnc(Nc2ccc(NCC3CN(C(C)=O)C3)cc2)n1)c1cccc(C)n1. The van der Waals surface area contributed by atoms with Crippen molar-refractivity contribution in [1.82, 2.24) is 19.9 Å². The lowest BCUT2D eigenvalue weighted by Gasteiger charge is -2.38. The van der Waals surface area contributed by atoms with Crippen LogP contribution in [0.5, 0.6) is 0 Å². The largest absolute Gasteiger partial charge is 0.385 e. The number of hydrogen-bond donors (Lipinski definition) is 3. The number of hydrogen-bond acceptors (Lipinski definition) is 8. The van der Waals surface area contributed by atoms with Crippen LogP contribution in [-0.2, 0) is 4.79 Å². The number of aromatic nitrogens is 3. The number of anilines is 4. The van der Waals surface area contributed by atoms with Crippen molar-refractivity contribution < 1.29 is 4.79 Å². The summed E-state index contributed by atoms with van der Waals surface area (Å²) in [6.07, 6.45) is 3.49. The zero-order valence-electron chi connectivity index (χ0n) is 21.3. The van der Waals surface area contributed by atoms with Crippen LogP contribution < -0.4 is 16.0 Å². The number of amidine groups is 1. The Balaban J connectivity index is 1.35. The van der Waals surface area contributed by atoms with Gasteiger partial charge in [-0.2, -0.15) is 4.98 Å². The van der Waals surface area contributed by atoms with Gasteiger partial charge in [-0.3, -0.25) is 4.79 Å². The van der Waals surface area contributed by atoms with E-state index in [2.05, 4.69) is 47.6 Å². The lowest BCUT2D eigenvalue weighted by atomic mass is 10.0. The fourth-order valence-corrected chi connectivity index (χ4v) is 3.76. The molecule has 0 saturated carbocycles. The van der Waals surface area contributed by atoms with Gasteiger partial charge in [0.05, 0.1) is 0 Å². The molecule has 1 fully saturated rings. The maximum atomic E-state index is 11.3. The van der Waals surface area contributed by atoms with Crippen molar-refractivity contribution in [2.45, 2.75) is 20.8 Å². The molecule has 0 unspecified atom stereocenters. The van der Waals surface area contributed by atoms with Crippen LogP contribution in [0.15, 0.2) is 76.6 Å². The highest BCUT2D eigenvalue weighted by atomic mass is 16.2. The van der Waals surface area contributed by atoms with Crippen molar-refractivity contribution in [2.24, 2.45) is 15.9 Å². The van der Waals surface area contributed by atoms with Crippen LogP contribution in [0, 0.1) is 12.8 Å². The average molecular weight is 498 g/mol. The van der Waals surface area contributed by atoms with Gasteiger partial charge < -0.3 is 20.9 Å². The second-order valence-corrected chi connectivity index (χ2v) is 8.70. The van der Waals surface area contributed by atoms with E-state index in [1.54, 1.807) is 19.2 Å². The van der Waals surface area contributed by atoms with Gasteiger partial charge in [-0.25, -0.2) is 20.0 Å². The normalized spacial score (nSPS) is 14.1. The first-order chi connectivity index (χ1) is 17.9. The van der Waals surface area contributed by atoms with Crippen molar-refractivity contribution in [2.75, 3.05) is 35.6 Å². The van der Waals surface area contributed by atoms with Gasteiger partial charge in [0.2, 0.25) is 11.9 Å². The number of allylic oxidation sites excluding steroid dienone is 1. The molecule has 1 aliphatic rings. The van der Waals surface area contributed by atoms with Crippen LogP contribution in [0.3, 0.4) is 0 Å². The molecule has 4 rings (SSSR count). The van der Waals surface area contributed by atoms with Crippen molar-refractivity contribution in [3.63, 3.8) is 0 Å². The van der Waals surface area contributed by atoms with Crippen LogP contribution in [-0.4, -0.2) is 57.9 Å². The van der Waals surface area contributed by atoms with E-state index in [1.165, 1.54) is 0 Å². The van der Waals surface area contributed by atoms with E-state index in [4.69, 9.17) is 0 Å². The molecule has 3 heterocycles. The Bertz CT molecular complexity index is 1310. The molecule has 190 valence electrons. The number of nitrogens with zero attached hydrogens (tertiary/aromatic N) is 6. The Morgan fingerprint density at radius 1 is 1.14 bits per heavy atom. The molecule has 2 aromatic heterocycles. The molecule has 1 aliphatic heterocycles. The topological polar surface area (TPSA) is 120 Å². The zero-order chi connectivity index (χ0) is 26.2. The third kappa shape index (κ3) is 6.97. The lowest BCUT2D eigenvalue weighted by Crippen LogP contribution is -2.51. The van der Waals surface area contributed by atoms with E-state index in [0.717, 1.165) is 36.7 Å². The van der Waals surface area contributed by atoms with Crippen molar-refractivity contribution in [3.05, 3.63) is 78.0 Å². The van der Waals surface area contributed by atoms with Gasteiger partial charge in [0, 0.05) is 55.7 Å². The molecule has 1 saturated heterocycles. The minimum atomic E-state index is 0.140. The Morgan fingerprint density at radius 2 is 1.89 bits per heavy atom. The first kappa shape index (κ1) is 25.5. The molecule has 0 spiro atoms. The predicted octanol–water partition coefficient (Wildman–Crippen LogP) is 4.23. The van der Waals surface area contributed by atoms with Gasteiger partial charge in [0.1, 0.15) is 17.3 Å². The van der Waals surface area contributed by atoms with Crippen LogP contribution >= 0.6 is 0 Å². The molecule has 10 nitrogen and oxygen atoms in total. The summed E-state index contributed by atoms with van der Waals surface area (Å²) in [6.45, 7) is 11.5. The molecule has 0 bridgehead atoms. The highest BCUT2D eigenvalue weighted by Gasteiger charge is 2.27. The number of aliphatic imine (C=N–C) groups is 2. The summed E-state index contributed by atoms with van der Waals surface area (Å²) in [6, 6.07) is 15.4. The Kier molecular flexibility index (Phi) is 8.19. The quantitative estimate of drug-likeness (QED) is 0.299. The van der Waals surface area contributed by atoms with Crippen molar-refractivity contribution in [1.29, 1.82) is 0 Å². The number of likely N-dealkylation sites (tertiary alicyclic amines) is 1. The summed E-state index contributed by atoms with van der Waals surface area (Å²) >= 11 is 0. The van der Waals surface area contributed by atoms with E-state index >= 15 is 0 Å². The number of aryl methyl sites for hydroxylation is 1. The number of carbonyl (C=O) groups excluding carboxylic acids is 1. The molecule has 3 N–H and O–H groups in total. The summed E-state index contributed by atoms with van der Waals surface area (Å²) in [7, 11) is 0. The molecule has 0 radical (unpaired) electrons. The van der Waals surface area contributed by atoms with E-state index in [1.807, 2.05) is 67.3 Å². The molecule has 1 aromatic carbocycles. The van der Waals surface area contributed by atoms with Gasteiger partial charge in [0.15, 0.2) is 5.84 Å². The second-order valence-electron chi connectivity index (χ2n) is 8.70. The summed E-state index contributed by atoms with van der Waals surface area (Å²) < 4.78 is 0. The second kappa shape index (κ2) is 11.9. The molecular formula is C27H31N9O. The third-order valence-electron chi connectivity index (χ3n) is 5.82.